The van der Waals surface area contributed by atoms with Crippen LogP contribution in [-0.2, 0) is 6.54 Å². The van der Waals surface area contributed by atoms with Crippen LogP contribution in [0.5, 0.6) is 5.88 Å². The zero-order valence-electron chi connectivity index (χ0n) is 16.0. The monoisotopic (exact) mass is 399 g/mol. The maximum Gasteiger partial charge on any atom is 0.317 e. The van der Waals surface area contributed by atoms with Crippen LogP contribution in [0, 0.1) is 0 Å². The molecule has 1 aromatic carbocycles. The quantitative estimate of drug-likeness (QED) is 0.679. The van der Waals surface area contributed by atoms with Crippen molar-refractivity contribution in [2.75, 3.05) is 14.2 Å². The molecule has 0 unspecified atom stereocenters. The Morgan fingerprint density at radius 3 is 2.75 bits per heavy atom. The van der Waals surface area contributed by atoms with Crippen LogP contribution in [-0.4, -0.2) is 45.6 Å². The summed E-state index contributed by atoms with van der Waals surface area (Å²) in [6.45, 7) is 2.52. The van der Waals surface area contributed by atoms with Crippen molar-refractivity contribution in [3.8, 4) is 17.1 Å². The van der Waals surface area contributed by atoms with Gasteiger partial charge in [-0.15, -0.1) is 0 Å². The van der Waals surface area contributed by atoms with E-state index < -0.39 is 0 Å². The first-order valence-electron chi connectivity index (χ1n) is 9.09. The van der Waals surface area contributed by atoms with Crippen LogP contribution >= 0.6 is 11.6 Å². The molecule has 0 bridgehead atoms. The van der Waals surface area contributed by atoms with Crippen molar-refractivity contribution in [3.05, 3.63) is 41.3 Å². The van der Waals surface area contributed by atoms with E-state index in [1.807, 2.05) is 25.2 Å². The molecule has 3 aromatic rings. The molecule has 4 rings (SSSR count). The van der Waals surface area contributed by atoms with Crippen molar-refractivity contribution < 1.29 is 9.53 Å². The number of nitrogens with one attached hydrogen (secondary N) is 2. The average Bonchev–Trinajstić information content (AvgIpc) is 3.33. The van der Waals surface area contributed by atoms with Crippen molar-refractivity contribution in [2.45, 2.75) is 31.8 Å². The highest BCUT2D eigenvalue weighted by Gasteiger charge is 2.43. The van der Waals surface area contributed by atoms with Gasteiger partial charge in [0.05, 0.1) is 36.8 Å². The number of aromatic nitrogens is 3. The number of benzene rings is 1. The maximum absolute atomic E-state index is 12.3. The van der Waals surface area contributed by atoms with Gasteiger partial charge < -0.3 is 19.9 Å². The molecule has 0 saturated heterocycles. The van der Waals surface area contributed by atoms with Crippen molar-refractivity contribution in [1.82, 2.24) is 25.2 Å². The number of hydrogen-bond acceptors (Lipinski definition) is 4. The van der Waals surface area contributed by atoms with E-state index in [2.05, 4.69) is 27.2 Å². The number of aromatic amines is 1. The number of rotatable bonds is 5. The van der Waals surface area contributed by atoms with Gasteiger partial charge in [-0.05, 0) is 38.0 Å². The lowest BCUT2D eigenvalue weighted by Crippen LogP contribution is -2.43. The van der Waals surface area contributed by atoms with Crippen LogP contribution in [0.1, 0.15) is 25.5 Å². The Hall–Kier alpha value is -2.80. The molecular formula is C20H22ClN5O2. The molecule has 7 nitrogen and oxygen atoms in total. The number of hydrogen-bond donors (Lipinski definition) is 2. The molecule has 0 aliphatic heterocycles. The third-order valence-corrected chi connectivity index (χ3v) is 5.71. The van der Waals surface area contributed by atoms with Crippen molar-refractivity contribution >= 4 is 28.5 Å². The van der Waals surface area contributed by atoms with Gasteiger partial charge >= 0.3 is 6.03 Å². The topological polar surface area (TPSA) is 83.1 Å². The van der Waals surface area contributed by atoms with Crippen LogP contribution < -0.4 is 10.1 Å². The molecule has 1 aliphatic rings. The number of amides is 2. The molecule has 1 saturated carbocycles. The van der Waals surface area contributed by atoms with Crippen LogP contribution in [0.4, 0.5) is 4.79 Å². The number of halogens is 1. The second kappa shape index (κ2) is 6.98. The predicted molar refractivity (Wildman–Crippen MR) is 109 cm³/mol. The first-order valence-corrected chi connectivity index (χ1v) is 9.47. The molecule has 1 aliphatic carbocycles. The van der Waals surface area contributed by atoms with Crippen molar-refractivity contribution in [2.24, 2.45) is 0 Å². The number of methoxy groups -OCH3 is 1. The van der Waals surface area contributed by atoms with E-state index in [0.29, 0.717) is 23.1 Å². The van der Waals surface area contributed by atoms with E-state index in [4.69, 9.17) is 16.3 Å². The van der Waals surface area contributed by atoms with Gasteiger partial charge in [-0.25, -0.2) is 14.8 Å². The Morgan fingerprint density at radius 1 is 1.32 bits per heavy atom. The number of carbonyl (C=O) groups excluding carboxylic acids is 1. The van der Waals surface area contributed by atoms with E-state index >= 15 is 0 Å². The number of fused-ring (bicyclic) bond motifs is 1. The number of nitrogens with zero attached hydrogens (tertiary/aromatic N) is 3. The number of ether oxygens (including phenoxy) is 1. The molecule has 0 spiro atoms. The van der Waals surface area contributed by atoms with Crippen LogP contribution in [0.25, 0.3) is 22.2 Å². The van der Waals surface area contributed by atoms with Gasteiger partial charge in [-0.1, -0.05) is 11.6 Å². The summed E-state index contributed by atoms with van der Waals surface area (Å²) in [5, 5.41) is 4.53. The van der Waals surface area contributed by atoms with Gasteiger partial charge in [0.15, 0.2) is 0 Å². The highest BCUT2D eigenvalue weighted by Crippen LogP contribution is 2.40. The van der Waals surface area contributed by atoms with Gasteiger partial charge in [0.2, 0.25) is 5.88 Å². The highest BCUT2D eigenvalue weighted by molar-refractivity contribution is 6.34. The Morgan fingerprint density at radius 2 is 2.11 bits per heavy atom. The second-order valence-corrected chi connectivity index (χ2v) is 7.78. The lowest BCUT2D eigenvalue weighted by molar-refractivity contribution is 0.188. The third-order valence-electron chi connectivity index (χ3n) is 5.40. The van der Waals surface area contributed by atoms with E-state index in [9.17, 15) is 4.79 Å². The summed E-state index contributed by atoms with van der Waals surface area (Å²) in [5.41, 5.74) is 3.28. The summed E-state index contributed by atoms with van der Waals surface area (Å²) in [7, 11) is 3.39. The lowest BCUT2D eigenvalue weighted by atomic mass is 10.1. The SMILES string of the molecule is COc1cnc(-c2cc3[nH]c(CNC(=O)N(C)C4(C)CC4)cc3cc2Cl)cn1. The molecule has 28 heavy (non-hydrogen) atoms. The third kappa shape index (κ3) is 3.49. The summed E-state index contributed by atoms with van der Waals surface area (Å²) < 4.78 is 5.05. The Balaban J connectivity index is 1.53. The molecular weight excluding hydrogens is 378 g/mol. The zero-order valence-corrected chi connectivity index (χ0v) is 16.8. The zero-order chi connectivity index (χ0) is 19.9. The van der Waals surface area contributed by atoms with Crippen molar-refractivity contribution in [3.63, 3.8) is 0 Å². The van der Waals surface area contributed by atoms with Crippen LogP contribution in [0.3, 0.4) is 0 Å². The van der Waals surface area contributed by atoms with Gasteiger partial charge in [-0.3, -0.25) is 0 Å². The first-order chi connectivity index (χ1) is 13.4. The Bertz CT molecular complexity index is 1030. The molecule has 2 amide bonds. The normalized spacial score (nSPS) is 14.7. The summed E-state index contributed by atoms with van der Waals surface area (Å²) in [6.07, 6.45) is 5.30. The molecule has 1 fully saturated rings. The number of carbonyl (C=O) groups is 1. The summed E-state index contributed by atoms with van der Waals surface area (Å²) >= 11 is 6.46. The van der Waals surface area contributed by atoms with E-state index in [0.717, 1.165) is 35.0 Å². The highest BCUT2D eigenvalue weighted by atomic mass is 35.5. The first kappa shape index (κ1) is 18.6. The van der Waals surface area contributed by atoms with Gasteiger partial charge in [0.1, 0.15) is 0 Å². The molecule has 2 N–H and O–H groups in total. The predicted octanol–water partition coefficient (Wildman–Crippen LogP) is 3.98. The molecule has 0 atom stereocenters. The van der Waals surface area contributed by atoms with Crippen LogP contribution in [0.15, 0.2) is 30.6 Å². The molecule has 2 aromatic heterocycles. The standard InChI is InChI=1S/C20H22ClN5O2/c1-20(4-5-20)26(2)19(27)24-9-13-6-12-7-15(21)14(8-16(12)25-13)17-10-23-18(28-3)11-22-17/h6-8,10-11,25H,4-5,9H2,1-3H3,(H,24,27). The number of H-pyrrole nitrogens is 1. The minimum Gasteiger partial charge on any atom is -0.480 e. The minimum atomic E-state index is -0.0640. The lowest BCUT2D eigenvalue weighted by Gasteiger charge is -2.24. The second-order valence-electron chi connectivity index (χ2n) is 7.37. The summed E-state index contributed by atoms with van der Waals surface area (Å²) in [4.78, 5) is 26.0. The Kier molecular flexibility index (Phi) is 4.63. The molecule has 0 radical (unpaired) electrons. The molecule has 146 valence electrons. The van der Waals surface area contributed by atoms with Crippen molar-refractivity contribution in [1.29, 1.82) is 0 Å². The molecule has 2 heterocycles. The van der Waals surface area contributed by atoms with E-state index in [-0.39, 0.29) is 11.6 Å². The summed E-state index contributed by atoms with van der Waals surface area (Å²) in [5.74, 6) is 0.448. The van der Waals surface area contributed by atoms with Crippen LogP contribution in [0.2, 0.25) is 5.02 Å². The molecule has 8 heteroatoms. The Labute approximate surface area is 168 Å². The minimum absolute atomic E-state index is 0.00631. The fourth-order valence-corrected chi connectivity index (χ4v) is 3.39. The largest absolute Gasteiger partial charge is 0.480 e. The maximum atomic E-state index is 12.3. The fraction of sp³-hybridized carbons (Fsp3) is 0.350. The van der Waals surface area contributed by atoms with Gasteiger partial charge in [0, 0.05) is 34.7 Å². The smallest absolute Gasteiger partial charge is 0.317 e. The van der Waals surface area contributed by atoms with Gasteiger partial charge in [-0.2, -0.15) is 0 Å². The average molecular weight is 400 g/mol. The van der Waals surface area contributed by atoms with E-state index in [1.54, 1.807) is 24.4 Å². The fourth-order valence-electron chi connectivity index (χ4n) is 3.12. The summed E-state index contributed by atoms with van der Waals surface area (Å²) in [6, 6.07) is 5.75. The van der Waals surface area contributed by atoms with E-state index in [1.165, 1.54) is 0 Å². The van der Waals surface area contributed by atoms with Gasteiger partial charge in [0.25, 0.3) is 0 Å². The number of urea groups is 1.